The van der Waals surface area contributed by atoms with Crippen LogP contribution < -0.4 is 5.48 Å². The summed E-state index contributed by atoms with van der Waals surface area (Å²) in [7, 11) is 0. The molecule has 0 saturated carbocycles. The summed E-state index contributed by atoms with van der Waals surface area (Å²) in [6, 6.07) is 7.91. The highest BCUT2D eigenvalue weighted by Gasteiger charge is 2.14. The summed E-state index contributed by atoms with van der Waals surface area (Å²) in [5.41, 5.74) is 4.11. The fraction of sp³-hybridized carbons (Fsp3) is 0.357. The Kier molecular flexibility index (Phi) is 3.39. The maximum Gasteiger partial charge on any atom is 0.248 e. The number of aromatic amines is 1. The van der Waals surface area contributed by atoms with E-state index in [0.717, 1.165) is 16.5 Å². The van der Waals surface area contributed by atoms with E-state index in [-0.39, 0.29) is 11.5 Å². The Labute approximate surface area is 106 Å². The lowest BCUT2D eigenvalue weighted by molar-refractivity contribution is -0.144. The molecule has 0 atom stereocenters. The Hall–Kier alpha value is -1.81. The molecule has 0 unspecified atom stereocenters. The van der Waals surface area contributed by atoms with Gasteiger partial charge in [-0.1, -0.05) is 18.2 Å². The molecule has 96 valence electrons. The molecule has 0 spiro atoms. The van der Waals surface area contributed by atoms with Crippen LogP contribution in [-0.2, 0) is 16.1 Å². The zero-order valence-electron chi connectivity index (χ0n) is 10.9. The molecule has 0 fully saturated rings. The molecule has 1 aromatic heterocycles. The lowest BCUT2D eigenvalue weighted by Gasteiger charge is -2.18. The SMILES string of the molecule is CC(C)(C)ONC(=O)Cc1c[nH]c2ccccc12. The van der Waals surface area contributed by atoms with Gasteiger partial charge in [-0.15, -0.1) is 0 Å². The predicted molar refractivity (Wildman–Crippen MR) is 71.0 cm³/mol. The van der Waals surface area contributed by atoms with Crippen molar-refractivity contribution in [1.29, 1.82) is 0 Å². The summed E-state index contributed by atoms with van der Waals surface area (Å²) >= 11 is 0. The van der Waals surface area contributed by atoms with Crippen LogP contribution in [0.4, 0.5) is 0 Å². The number of amides is 1. The minimum Gasteiger partial charge on any atom is -0.361 e. The Morgan fingerprint density at radius 2 is 2.06 bits per heavy atom. The average molecular weight is 246 g/mol. The summed E-state index contributed by atoms with van der Waals surface area (Å²) in [6.07, 6.45) is 2.17. The zero-order valence-corrected chi connectivity index (χ0v) is 10.9. The third-order valence-electron chi connectivity index (χ3n) is 2.50. The lowest BCUT2D eigenvalue weighted by atomic mass is 10.1. The molecule has 2 rings (SSSR count). The summed E-state index contributed by atoms with van der Waals surface area (Å²) in [5, 5.41) is 1.07. The van der Waals surface area contributed by atoms with Crippen molar-refractivity contribution in [1.82, 2.24) is 10.5 Å². The van der Waals surface area contributed by atoms with E-state index in [4.69, 9.17) is 4.84 Å². The van der Waals surface area contributed by atoms with E-state index in [1.54, 1.807) is 0 Å². The van der Waals surface area contributed by atoms with E-state index >= 15 is 0 Å². The first kappa shape index (κ1) is 12.6. The normalized spacial score (nSPS) is 11.7. The van der Waals surface area contributed by atoms with E-state index in [0.29, 0.717) is 6.42 Å². The van der Waals surface area contributed by atoms with Crippen LogP contribution in [0.25, 0.3) is 10.9 Å². The molecule has 1 amide bonds. The number of hydrogen-bond acceptors (Lipinski definition) is 2. The molecular formula is C14H18N2O2. The second-order valence-corrected chi connectivity index (χ2v) is 5.28. The number of para-hydroxylation sites is 1. The van der Waals surface area contributed by atoms with Crippen molar-refractivity contribution < 1.29 is 9.63 Å². The Bertz CT molecular complexity index is 552. The molecule has 4 heteroatoms. The summed E-state index contributed by atoms with van der Waals surface area (Å²) in [5.74, 6) is -0.144. The number of fused-ring (bicyclic) bond motifs is 1. The highest BCUT2D eigenvalue weighted by molar-refractivity contribution is 5.88. The number of benzene rings is 1. The van der Waals surface area contributed by atoms with Gasteiger partial charge in [0.2, 0.25) is 5.91 Å². The van der Waals surface area contributed by atoms with Crippen LogP contribution in [0.15, 0.2) is 30.5 Å². The lowest BCUT2D eigenvalue weighted by Crippen LogP contribution is -2.34. The number of aromatic nitrogens is 1. The molecule has 0 aliphatic rings. The smallest absolute Gasteiger partial charge is 0.248 e. The van der Waals surface area contributed by atoms with Crippen molar-refractivity contribution >= 4 is 16.8 Å². The molecule has 4 nitrogen and oxygen atoms in total. The molecule has 0 aliphatic heterocycles. The summed E-state index contributed by atoms with van der Waals surface area (Å²) in [4.78, 5) is 20.1. The van der Waals surface area contributed by atoms with Crippen LogP contribution in [-0.4, -0.2) is 16.5 Å². The third-order valence-corrected chi connectivity index (χ3v) is 2.50. The van der Waals surface area contributed by atoms with Gasteiger partial charge in [-0.3, -0.25) is 9.63 Å². The maximum absolute atomic E-state index is 11.8. The van der Waals surface area contributed by atoms with Gasteiger partial charge < -0.3 is 4.98 Å². The first-order valence-electron chi connectivity index (χ1n) is 5.97. The molecule has 2 aromatic rings. The van der Waals surface area contributed by atoms with Crippen LogP contribution in [0.5, 0.6) is 0 Å². The van der Waals surface area contributed by atoms with Crippen molar-refractivity contribution in [2.24, 2.45) is 0 Å². The van der Waals surface area contributed by atoms with Crippen molar-refractivity contribution in [3.05, 3.63) is 36.0 Å². The van der Waals surface area contributed by atoms with Crippen LogP contribution in [0, 0.1) is 0 Å². The second-order valence-electron chi connectivity index (χ2n) is 5.28. The van der Waals surface area contributed by atoms with E-state index < -0.39 is 0 Å². The number of nitrogens with one attached hydrogen (secondary N) is 2. The standard InChI is InChI=1S/C14H18N2O2/c1-14(2,3)18-16-13(17)8-10-9-15-12-7-5-4-6-11(10)12/h4-7,9,15H,8H2,1-3H3,(H,16,17). The molecule has 0 bridgehead atoms. The van der Waals surface area contributed by atoms with Crippen LogP contribution in [0.2, 0.25) is 0 Å². The number of H-pyrrole nitrogens is 1. The van der Waals surface area contributed by atoms with Crippen molar-refractivity contribution in [3.8, 4) is 0 Å². The van der Waals surface area contributed by atoms with Gasteiger partial charge in [-0.25, -0.2) is 5.48 Å². The molecule has 1 aromatic carbocycles. The van der Waals surface area contributed by atoms with Gasteiger partial charge >= 0.3 is 0 Å². The predicted octanol–water partition coefficient (Wildman–Crippen LogP) is 2.56. The first-order chi connectivity index (χ1) is 8.46. The third kappa shape index (κ3) is 3.11. The summed E-state index contributed by atoms with van der Waals surface area (Å²) < 4.78 is 0. The van der Waals surface area contributed by atoms with Crippen LogP contribution in [0.1, 0.15) is 26.3 Å². The van der Waals surface area contributed by atoms with Crippen molar-refractivity contribution in [2.45, 2.75) is 32.8 Å². The van der Waals surface area contributed by atoms with Gasteiger partial charge in [0, 0.05) is 17.1 Å². The van der Waals surface area contributed by atoms with Crippen LogP contribution in [0.3, 0.4) is 0 Å². The van der Waals surface area contributed by atoms with Gasteiger partial charge in [0.1, 0.15) is 0 Å². The number of rotatable bonds is 3. The van der Waals surface area contributed by atoms with Gasteiger partial charge in [0.25, 0.3) is 0 Å². The monoisotopic (exact) mass is 246 g/mol. The maximum atomic E-state index is 11.8. The van der Waals surface area contributed by atoms with Gasteiger partial charge in [-0.05, 0) is 32.4 Å². The average Bonchev–Trinajstić information content (AvgIpc) is 2.70. The van der Waals surface area contributed by atoms with Crippen LogP contribution >= 0.6 is 0 Å². The van der Waals surface area contributed by atoms with Crippen molar-refractivity contribution in [2.75, 3.05) is 0 Å². The van der Waals surface area contributed by atoms with Gasteiger partial charge in [0.05, 0.1) is 12.0 Å². The largest absolute Gasteiger partial charge is 0.361 e. The zero-order chi connectivity index (χ0) is 13.2. The minimum atomic E-state index is -0.379. The molecule has 0 saturated heterocycles. The van der Waals surface area contributed by atoms with E-state index in [9.17, 15) is 4.79 Å². The highest BCUT2D eigenvalue weighted by atomic mass is 16.7. The first-order valence-corrected chi connectivity index (χ1v) is 5.97. The van der Waals surface area contributed by atoms with Gasteiger partial charge in [-0.2, -0.15) is 0 Å². The number of carbonyl (C=O) groups is 1. The molecule has 2 N–H and O–H groups in total. The molecule has 18 heavy (non-hydrogen) atoms. The van der Waals surface area contributed by atoms with E-state index in [2.05, 4.69) is 10.5 Å². The topological polar surface area (TPSA) is 54.1 Å². The Balaban J connectivity index is 2.03. The van der Waals surface area contributed by atoms with Gasteiger partial charge in [0.15, 0.2) is 0 Å². The fourth-order valence-corrected chi connectivity index (χ4v) is 1.70. The quantitative estimate of drug-likeness (QED) is 0.818. The summed E-state index contributed by atoms with van der Waals surface area (Å²) in [6.45, 7) is 5.66. The number of hydroxylamine groups is 1. The molecule has 0 radical (unpaired) electrons. The molecular weight excluding hydrogens is 228 g/mol. The molecule has 1 heterocycles. The molecule has 0 aliphatic carbocycles. The fourth-order valence-electron chi connectivity index (χ4n) is 1.70. The van der Waals surface area contributed by atoms with Crippen molar-refractivity contribution in [3.63, 3.8) is 0 Å². The van der Waals surface area contributed by atoms with E-state index in [1.807, 2.05) is 51.2 Å². The Morgan fingerprint density at radius 1 is 1.33 bits per heavy atom. The number of carbonyl (C=O) groups excluding carboxylic acids is 1. The number of hydrogen-bond donors (Lipinski definition) is 2. The minimum absolute atomic E-state index is 0.144. The second kappa shape index (κ2) is 4.82. The van der Waals surface area contributed by atoms with E-state index in [1.165, 1.54) is 0 Å². The Morgan fingerprint density at radius 3 is 2.78 bits per heavy atom. The highest BCUT2D eigenvalue weighted by Crippen LogP contribution is 2.18.